The van der Waals surface area contributed by atoms with Crippen molar-refractivity contribution < 1.29 is 10.2 Å². The van der Waals surface area contributed by atoms with Crippen LogP contribution in [-0.2, 0) is 0 Å². The van der Waals surface area contributed by atoms with Gasteiger partial charge in [-0.3, -0.25) is 4.90 Å². The van der Waals surface area contributed by atoms with Crippen LogP contribution in [0.3, 0.4) is 0 Å². The van der Waals surface area contributed by atoms with E-state index in [1.807, 2.05) is 0 Å². The van der Waals surface area contributed by atoms with Gasteiger partial charge in [-0.2, -0.15) is 0 Å². The van der Waals surface area contributed by atoms with Gasteiger partial charge in [0, 0.05) is 13.1 Å². The maximum Gasteiger partial charge on any atom is 0.0639 e. The van der Waals surface area contributed by atoms with Crippen molar-refractivity contribution in [2.45, 2.75) is 46.3 Å². The highest BCUT2D eigenvalue weighted by Gasteiger charge is 2.11. The summed E-state index contributed by atoms with van der Waals surface area (Å²) in [4.78, 5) is 2.12. The summed E-state index contributed by atoms with van der Waals surface area (Å²) in [6, 6.07) is 0. The van der Waals surface area contributed by atoms with Crippen molar-refractivity contribution in [3.05, 3.63) is 0 Å². The first-order valence-corrected chi connectivity index (χ1v) is 5.50. The standard InChI is InChI=1S/C11H25NO2/c1-9(2)5-6-12(7-10(3)13)8-11(4)14/h9-11,13-14H,5-8H2,1-4H3. The van der Waals surface area contributed by atoms with E-state index in [1.54, 1.807) is 13.8 Å². The van der Waals surface area contributed by atoms with Crippen LogP contribution in [0.25, 0.3) is 0 Å². The number of nitrogens with zero attached hydrogens (tertiary/aromatic N) is 1. The lowest BCUT2D eigenvalue weighted by molar-refractivity contribution is 0.0808. The van der Waals surface area contributed by atoms with Gasteiger partial charge >= 0.3 is 0 Å². The normalized spacial score (nSPS) is 16.3. The fraction of sp³-hybridized carbons (Fsp3) is 1.00. The van der Waals surface area contributed by atoms with Crippen LogP contribution < -0.4 is 0 Å². The molecule has 3 nitrogen and oxygen atoms in total. The minimum Gasteiger partial charge on any atom is -0.392 e. The van der Waals surface area contributed by atoms with E-state index in [-0.39, 0.29) is 12.2 Å². The molecule has 2 unspecified atom stereocenters. The monoisotopic (exact) mass is 203 g/mol. The number of rotatable bonds is 7. The lowest BCUT2D eigenvalue weighted by Crippen LogP contribution is -2.37. The van der Waals surface area contributed by atoms with Gasteiger partial charge in [-0.25, -0.2) is 0 Å². The van der Waals surface area contributed by atoms with E-state index in [0.29, 0.717) is 19.0 Å². The van der Waals surface area contributed by atoms with Crippen molar-refractivity contribution in [3.63, 3.8) is 0 Å². The Labute approximate surface area is 87.7 Å². The van der Waals surface area contributed by atoms with Gasteiger partial charge in [0.1, 0.15) is 0 Å². The third kappa shape index (κ3) is 8.48. The Hall–Kier alpha value is -0.120. The molecule has 0 aliphatic carbocycles. The molecule has 0 saturated heterocycles. The second-order valence-corrected chi connectivity index (χ2v) is 4.64. The minimum absolute atomic E-state index is 0.319. The molecular weight excluding hydrogens is 178 g/mol. The van der Waals surface area contributed by atoms with E-state index in [0.717, 1.165) is 13.0 Å². The molecular formula is C11H25NO2. The van der Waals surface area contributed by atoms with Crippen LogP contribution >= 0.6 is 0 Å². The molecule has 0 spiro atoms. The second-order valence-electron chi connectivity index (χ2n) is 4.64. The molecule has 0 amide bonds. The molecule has 0 rings (SSSR count). The highest BCUT2D eigenvalue weighted by atomic mass is 16.3. The molecule has 0 heterocycles. The summed E-state index contributed by atoms with van der Waals surface area (Å²) in [7, 11) is 0. The van der Waals surface area contributed by atoms with Crippen molar-refractivity contribution in [1.29, 1.82) is 0 Å². The highest BCUT2D eigenvalue weighted by molar-refractivity contribution is 4.65. The lowest BCUT2D eigenvalue weighted by Gasteiger charge is -2.25. The predicted octanol–water partition coefficient (Wildman–Crippen LogP) is 1.10. The van der Waals surface area contributed by atoms with Gasteiger partial charge in [0.2, 0.25) is 0 Å². The molecule has 0 aromatic heterocycles. The molecule has 2 N–H and O–H groups in total. The highest BCUT2D eigenvalue weighted by Crippen LogP contribution is 2.03. The Kier molecular flexibility index (Phi) is 7.15. The van der Waals surface area contributed by atoms with Crippen LogP contribution in [0.15, 0.2) is 0 Å². The maximum absolute atomic E-state index is 9.28. The number of aliphatic hydroxyl groups is 2. The fourth-order valence-corrected chi connectivity index (χ4v) is 1.45. The van der Waals surface area contributed by atoms with Crippen LogP contribution in [-0.4, -0.2) is 47.0 Å². The van der Waals surface area contributed by atoms with Gasteiger partial charge in [0.25, 0.3) is 0 Å². The molecule has 0 aliphatic heterocycles. The molecule has 2 atom stereocenters. The Morgan fingerprint density at radius 2 is 1.36 bits per heavy atom. The van der Waals surface area contributed by atoms with E-state index in [4.69, 9.17) is 0 Å². The quantitative estimate of drug-likeness (QED) is 0.651. The first-order valence-electron chi connectivity index (χ1n) is 5.50. The molecule has 0 aromatic carbocycles. The van der Waals surface area contributed by atoms with Gasteiger partial charge in [-0.1, -0.05) is 13.8 Å². The fourth-order valence-electron chi connectivity index (χ4n) is 1.45. The Balaban J connectivity index is 3.84. The lowest BCUT2D eigenvalue weighted by atomic mass is 10.1. The van der Waals surface area contributed by atoms with Crippen LogP contribution in [0.1, 0.15) is 34.1 Å². The number of hydrogen-bond donors (Lipinski definition) is 2. The maximum atomic E-state index is 9.28. The smallest absolute Gasteiger partial charge is 0.0639 e. The molecule has 0 bridgehead atoms. The molecule has 14 heavy (non-hydrogen) atoms. The van der Waals surface area contributed by atoms with Gasteiger partial charge in [-0.05, 0) is 32.7 Å². The molecule has 3 heteroatoms. The summed E-state index contributed by atoms with van der Waals surface area (Å²) in [6.45, 7) is 10.2. The number of aliphatic hydroxyl groups excluding tert-OH is 2. The van der Waals surface area contributed by atoms with E-state index >= 15 is 0 Å². The summed E-state index contributed by atoms with van der Waals surface area (Å²) >= 11 is 0. The molecule has 0 fully saturated rings. The largest absolute Gasteiger partial charge is 0.392 e. The molecule has 0 radical (unpaired) electrons. The minimum atomic E-state index is -0.319. The van der Waals surface area contributed by atoms with Crippen molar-refractivity contribution >= 4 is 0 Å². The average Bonchev–Trinajstić information content (AvgIpc) is 1.97. The van der Waals surface area contributed by atoms with Crippen molar-refractivity contribution in [2.75, 3.05) is 19.6 Å². The first-order chi connectivity index (χ1) is 6.41. The SMILES string of the molecule is CC(C)CCN(CC(C)O)CC(C)O. The van der Waals surface area contributed by atoms with E-state index in [2.05, 4.69) is 18.7 Å². The third-order valence-corrected chi connectivity index (χ3v) is 2.07. The molecule has 0 aliphatic rings. The zero-order valence-corrected chi connectivity index (χ0v) is 9.90. The van der Waals surface area contributed by atoms with E-state index in [1.165, 1.54) is 0 Å². The van der Waals surface area contributed by atoms with Gasteiger partial charge in [0.15, 0.2) is 0 Å². The third-order valence-electron chi connectivity index (χ3n) is 2.07. The van der Waals surface area contributed by atoms with Gasteiger partial charge in [0.05, 0.1) is 12.2 Å². The Morgan fingerprint density at radius 1 is 0.929 bits per heavy atom. The van der Waals surface area contributed by atoms with E-state index in [9.17, 15) is 10.2 Å². The Bertz CT molecular complexity index is 125. The van der Waals surface area contributed by atoms with Crippen molar-refractivity contribution in [2.24, 2.45) is 5.92 Å². The topological polar surface area (TPSA) is 43.7 Å². The van der Waals surface area contributed by atoms with Crippen molar-refractivity contribution in [1.82, 2.24) is 4.90 Å². The molecule has 86 valence electrons. The average molecular weight is 203 g/mol. The van der Waals surface area contributed by atoms with Crippen LogP contribution in [0.5, 0.6) is 0 Å². The Morgan fingerprint density at radius 3 is 1.64 bits per heavy atom. The zero-order valence-electron chi connectivity index (χ0n) is 9.90. The summed E-state index contributed by atoms with van der Waals surface area (Å²) < 4.78 is 0. The predicted molar refractivity (Wildman–Crippen MR) is 59.3 cm³/mol. The zero-order chi connectivity index (χ0) is 11.1. The summed E-state index contributed by atoms with van der Waals surface area (Å²) in [5.74, 6) is 0.667. The molecule has 0 aromatic rings. The summed E-state index contributed by atoms with van der Waals surface area (Å²) in [6.07, 6.45) is 0.473. The summed E-state index contributed by atoms with van der Waals surface area (Å²) in [5.41, 5.74) is 0. The van der Waals surface area contributed by atoms with Crippen LogP contribution in [0.2, 0.25) is 0 Å². The van der Waals surface area contributed by atoms with Crippen molar-refractivity contribution in [3.8, 4) is 0 Å². The van der Waals surface area contributed by atoms with E-state index < -0.39 is 0 Å². The van der Waals surface area contributed by atoms with Crippen LogP contribution in [0.4, 0.5) is 0 Å². The van der Waals surface area contributed by atoms with Crippen LogP contribution in [0, 0.1) is 5.92 Å². The molecule has 0 saturated carbocycles. The van der Waals surface area contributed by atoms with Gasteiger partial charge < -0.3 is 10.2 Å². The second kappa shape index (κ2) is 7.21. The van der Waals surface area contributed by atoms with Gasteiger partial charge in [-0.15, -0.1) is 0 Å². The summed E-state index contributed by atoms with van der Waals surface area (Å²) in [5, 5.41) is 18.6. The first kappa shape index (κ1) is 13.9. The number of hydrogen-bond acceptors (Lipinski definition) is 3.